The monoisotopic (exact) mass is 391 g/mol. The zero-order valence-electron chi connectivity index (χ0n) is 15.9. The lowest BCUT2D eigenvalue weighted by atomic mass is 9.96. The summed E-state index contributed by atoms with van der Waals surface area (Å²) in [5.41, 5.74) is 1.34. The number of carbonyl (C=O) groups excluding carboxylic acids is 4. The molecule has 2 amide bonds. The van der Waals surface area contributed by atoms with Gasteiger partial charge in [0.1, 0.15) is 6.04 Å². The minimum Gasteiger partial charge on any atom is -0.453 e. The van der Waals surface area contributed by atoms with Crippen LogP contribution in [0.25, 0.3) is 0 Å². The number of ether oxygens (including phenoxy) is 1. The number of hydrogen-bond acceptors (Lipinski definition) is 5. The number of rotatable bonds is 5. The van der Waals surface area contributed by atoms with Gasteiger partial charge < -0.3 is 4.74 Å². The number of imide groups is 1. The number of nitrogens with zero attached hydrogens (tertiary/aromatic N) is 1. The van der Waals surface area contributed by atoms with Crippen LogP contribution in [-0.4, -0.2) is 40.6 Å². The van der Waals surface area contributed by atoms with Crippen molar-refractivity contribution in [3.63, 3.8) is 0 Å². The van der Waals surface area contributed by atoms with E-state index < -0.39 is 29.9 Å². The lowest BCUT2D eigenvalue weighted by molar-refractivity contribution is -0.160. The fourth-order valence-corrected chi connectivity index (χ4v) is 3.90. The number of benzene rings is 2. The Labute approximate surface area is 168 Å². The summed E-state index contributed by atoms with van der Waals surface area (Å²) in [6.45, 7) is 0. The van der Waals surface area contributed by atoms with Crippen LogP contribution in [0.5, 0.6) is 0 Å². The van der Waals surface area contributed by atoms with Crippen LogP contribution in [0.4, 0.5) is 0 Å². The quantitative estimate of drug-likeness (QED) is 0.578. The molecular weight excluding hydrogens is 370 g/mol. The first-order chi connectivity index (χ1) is 14.1. The summed E-state index contributed by atoms with van der Waals surface area (Å²) >= 11 is 0. The van der Waals surface area contributed by atoms with Crippen LogP contribution >= 0.6 is 0 Å². The van der Waals surface area contributed by atoms with E-state index in [1.807, 2.05) is 30.3 Å². The predicted octanol–water partition coefficient (Wildman–Crippen LogP) is 2.95. The molecule has 0 radical (unpaired) electrons. The number of fused-ring (bicyclic) bond motifs is 1. The van der Waals surface area contributed by atoms with Crippen molar-refractivity contribution in [1.82, 2.24) is 4.90 Å². The van der Waals surface area contributed by atoms with Crippen molar-refractivity contribution in [3.8, 4) is 0 Å². The highest BCUT2D eigenvalue weighted by atomic mass is 16.5. The minimum absolute atomic E-state index is 0.106. The summed E-state index contributed by atoms with van der Waals surface area (Å²) in [5.74, 6) is -1.86. The number of ketones is 1. The fourth-order valence-electron chi connectivity index (χ4n) is 3.90. The second kappa shape index (κ2) is 7.99. The highest BCUT2D eigenvalue weighted by Gasteiger charge is 2.44. The van der Waals surface area contributed by atoms with Crippen molar-refractivity contribution in [3.05, 3.63) is 71.3 Å². The Morgan fingerprint density at radius 2 is 1.55 bits per heavy atom. The van der Waals surface area contributed by atoms with Crippen LogP contribution in [0.2, 0.25) is 0 Å². The van der Waals surface area contributed by atoms with E-state index in [0.717, 1.165) is 23.3 Å². The van der Waals surface area contributed by atoms with Gasteiger partial charge in [0, 0.05) is 12.8 Å². The SMILES string of the molecule is O=C(O[C@@H]1CCCCC1=O)[C@@H](Cc1ccccc1)N1C(=O)c2ccccc2C1=O. The molecular formula is C23H21NO5. The number of amides is 2. The molecule has 2 aromatic carbocycles. The van der Waals surface area contributed by atoms with Crippen molar-refractivity contribution in [2.45, 2.75) is 44.2 Å². The van der Waals surface area contributed by atoms with Gasteiger partial charge in [-0.25, -0.2) is 4.79 Å². The average molecular weight is 391 g/mol. The Morgan fingerprint density at radius 1 is 0.931 bits per heavy atom. The molecule has 1 saturated carbocycles. The normalized spacial score (nSPS) is 19.8. The molecule has 0 saturated heterocycles. The molecule has 1 fully saturated rings. The van der Waals surface area contributed by atoms with Crippen LogP contribution < -0.4 is 0 Å². The van der Waals surface area contributed by atoms with Crippen molar-refractivity contribution in [1.29, 1.82) is 0 Å². The first-order valence-corrected chi connectivity index (χ1v) is 9.80. The minimum atomic E-state index is -1.13. The Balaban J connectivity index is 1.64. The molecule has 0 unspecified atom stereocenters. The topological polar surface area (TPSA) is 80.8 Å². The van der Waals surface area contributed by atoms with Crippen LogP contribution in [0.3, 0.4) is 0 Å². The molecule has 2 aromatic rings. The van der Waals surface area contributed by atoms with Crippen LogP contribution in [0.15, 0.2) is 54.6 Å². The van der Waals surface area contributed by atoms with Gasteiger partial charge in [0.2, 0.25) is 0 Å². The molecule has 148 valence electrons. The van der Waals surface area contributed by atoms with Gasteiger partial charge in [-0.3, -0.25) is 19.3 Å². The Kier molecular flexibility index (Phi) is 5.25. The molecule has 6 nitrogen and oxygen atoms in total. The van der Waals surface area contributed by atoms with Gasteiger partial charge >= 0.3 is 5.97 Å². The first-order valence-electron chi connectivity index (χ1n) is 9.80. The Hall–Kier alpha value is -3.28. The van der Waals surface area contributed by atoms with Crippen LogP contribution in [0, 0.1) is 0 Å². The maximum atomic E-state index is 13.1. The summed E-state index contributed by atoms with van der Waals surface area (Å²) in [4.78, 5) is 52.0. The van der Waals surface area contributed by atoms with E-state index in [1.54, 1.807) is 24.3 Å². The van der Waals surface area contributed by atoms with E-state index in [2.05, 4.69) is 0 Å². The van der Waals surface area contributed by atoms with E-state index in [0.29, 0.717) is 12.8 Å². The van der Waals surface area contributed by atoms with Gasteiger partial charge in [0.15, 0.2) is 11.9 Å². The maximum absolute atomic E-state index is 13.1. The number of carbonyl (C=O) groups is 4. The Morgan fingerprint density at radius 3 is 2.17 bits per heavy atom. The third-order valence-electron chi connectivity index (χ3n) is 5.44. The summed E-state index contributed by atoms with van der Waals surface area (Å²) < 4.78 is 5.51. The van der Waals surface area contributed by atoms with Crippen molar-refractivity contribution >= 4 is 23.6 Å². The van der Waals surface area contributed by atoms with E-state index in [1.165, 1.54) is 0 Å². The summed E-state index contributed by atoms with van der Waals surface area (Å²) in [6.07, 6.45) is 1.79. The third kappa shape index (κ3) is 3.70. The number of Topliss-reactive ketones (excluding diaryl/α,β-unsaturated/α-hetero) is 1. The van der Waals surface area contributed by atoms with Gasteiger partial charge in [0.25, 0.3) is 11.8 Å². The van der Waals surface area contributed by atoms with E-state index in [9.17, 15) is 19.2 Å². The average Bonchev–Trinajstić information content (AvgIpc) is 2.99. The second-order valence-corrected chi connectivity index (χ2v) is 7.37. The van der Waals surface area contributed by atoms with Crippen molar-refractivity contribution < 1.29 is 23.9 Å². The summed E-state index contributed by atoms with van der Waals surface area (Å²) in [6, 6.07) is 14.5. The number of hydrogen-bond donors (Lipinski definition) is 0. The smallest absolute Gasteiger partial charge is 0.330 e. The molecule has 0 N–H and O–H groups in total. The van der Waals surface area contributed by atoms with Crippen LogP contribution in [0.1, 0.15) is 52.0 Å². The summed E-state index contributed by atoms with van der Waals surface area (Å²) in [7, 11) is 0. The van der Waals surface area contributed by atoms with E-state index in [-0.39, 0.29) is 23.3 Å². The molecule has 6 heteroatoms. The standard InChI is InChI=1S/C23H21NO5/c25-19-12-6-7-13-20(19)29-23(28)18(14-15-8-2-1-3-9-15)24-21(26)16-10-4-5-11-17(16)22(24)27/h1-5,8-11,18,20H,6-7,12-14H2/t18-,20-/m1/s1. The zero-order chi connectivity index (χ0) is 20.4. The molecule has 2 aliphatic rings. The first kappa shape index (κ1) is 19.1. The van der Waals surface area contributed by atoms with E-state index >= 15 is 0 Å². The molecule has 2 atom stereocenters. The molecule has 1 heterocycles. The largest absolute Gasteiger partial charge is 0.453 e. The van der Waals surface area contributed by atoms with Gasteiger partial charge in [0.05, 0.1) is 11.1 Å². The fraction of sp³-hybridized carbons (Fsp3) is 0.304. The highest BCUT2D eigenvalue weighted by Crippen LogP contribution is 2.27. The second-order valence-electron chi connectivity index (χ2n) is 7.37. The van der Waals surface area contributed by atoms with Gasteiger partial charge in [-0.2, -0.15) is 0 Å². The number of esters is 1. The predicted molar refractivity (Wildman–Crippen MR) is 104 cm³/mol. The molecule has 0 aromatic heterocycles. The Bertz CT molecular complexity index is 933. The summed E-state index contributed by atoms with van der Waals surface area (Å²) in [5, 5.41) is 0. The molecule has 29 heavy (non-hydrogen) atoms. The van der Waals surface area contributed by atoms with Gasteiger partial charge in [-0.05, 0) is 37.0 Å². The molecule has 0 bridgehead atoms. The third-order valence-corrected chi connectivity index (χ3v) is 5.44. The molecule has 4 rings (SSSR count). The molecule has 0 spiro atoms. The lowest BCUT2D eigenvalue weighted by Crippen LogP contribution is -2.48. The molecule has 1 aliphatic heterocycles. The zero-order valence-corrected chi connectivity index (χ0v) is 15.9. The van der Waals surface area contributed by atoms with Gasteiger partial charge in [-0.1, -0.05) is 42.5 Å². The highest BCUT2D eigenvalue weighted by molar-refractivity contribution is 6.22. The lowest BCUT2D eigenvalue weighted by Gasteiger charge is -2.28. The maximum Gasteiger partial charge on any atom is 0.330 e. The van der Waals surface area contributed by atoms with E-state index in [4.69, 9.17) is 4.74 Å². The van der Waals surface area contributed by atoms with Crippen molar-refractivity contribution in [2.75, 3.05) is 0 Å². The molecule has 1 aliphatic carbocycles. The van der Waals surface area contributed by atoms with Gasteiger partial charge in [-0.15, -0.1) is 0 Å². The van der Waals surface area contributed by atoms with Crippen LogP contribution in [-0.2, 0) is 20.7 Å². The van der Waals surface area contributed by atoms with Crippen molar-refractivity contribution in [2.24, 2.45) is 0 Å².